The number of allylic oxidation sites excluding steroid dienone is 5. The van der Waals surface area contributed by atoms with Crippen molar-refractivity contribution in [2.75, 3.05) is 4.90 Å². The Kier molecular flexibility index (Phi) is 7.48. The average molecular weight is 652 g/mol. The highest BCUT2D eigenvalue weighted by Gasteiger charge is 2.51. The van der Waals surface area contributed by atoms with Crippen molar-refractivity contribution in [3.8, 4) is 33.4 Å². The molecule has 0 saturated heterocycles. The number of fused-ring (bicyclic) bond motifs is 7. The third-order valence-electron chi connectivity index (χ3n) is 10.7. The molecule has 0 unspecified atom stereocenters. The molecular weight excluding hydrogens is 615 g/mol. The van der Waals surface area contributed by atoms with Crippen LogP contribution in [0.1, 0.15) is 29.2 Å². The van der Waals surface area contributed by atoms with Crippen molar-refractivity contribution in [1.82, 2.24) is 0 Å². The van der Waals surface area contributed by atoms with Gasteiger partial charge in [0.1, 0.15) is 0 Å². The van der Waals surface area contributed by atoms with Gasteiger partial charge in [0, 0.05) is 17.1 Å². The molecular formula is C50H37N. The Hall–Kier alpha value is -6.44. The van der Waals surface area contributed by atoms with Crippen molar-refractivity contribution < 1.29 is 0 Å². The summed E-state index contributed by atoms with van der Waals surface area (Å²) in [4.78, 5) is 2.40. The molecule has 1 spiro atoms. The Balaban J connectivity index is 1.25. The lowest BCUT2D eigenvalue weighted by Crippen LogP contribution is -2.26. The van der Waals surface area contributed by atoms with E-state index in [-0.39, 0.29) is 0 Å². The highest BCUT2D eigenvalue weighted by molar-refractivity contribution is 5.97. The molecule has 0 fully saturated rings. The van der Waals surface area contributed by atoms with Gasteiger partial charge < -0.3 is 4.90 Å². The van der Waals surface area contributed by atoms with Crippen LogP contribution in [0.3, 0.4) is 0 Å². The minimum Gasteiger partial charge on any atom is -0.310 e. The lowest BCUT2D eigenvalue weighted by atomic mass is 9.70. The molecule has 0 N–H and O–H groups in total. The Morgan fingerprint density at radius 2 is 0.902 bits per heavy atom. The van der Waals surface area contributed by atoms with Gasteiger partial charge in [0.2, 0.25) is 0 Å². The van der Waals surface area contributed by atoms with Crippen LogP contribution in [0.15, 0.2) is 206 Å². The first-order valence-corrected chi connectivity index (χ1v) is 17.6. The molecule has 1 nitrogen and oxygen atoms in total. The van der Waals surface area contributed by atoms with Crippen LogP contribution in [0.4, 0.5) is 17.1 Å². The fourth-order valence-corrected chi connectivity index (χ4v) is 8.45. The predicted octanol–water partition coefficient (Wildman–Crippen LogP) is 13.3. The molecule has 0 radical (unpaired) electrons. The summed E-state index contributed by atoms with van der Waals surface area (Å²) in [6, 6.07) is 64.1. The summed E-state index contributed by atoms with van der Waals surface area (Å²) in [5.74, 6) is 0. The maximum absolute atomic E-state index is 4.00. The fourth-order valence-electron chi connectivity index (χ4n) is 8.45. The number of benzene rings is 7. The molecule has 1 heteroatoms. The molecule has 0 aromatic heterocycles. The van der Waals surface area contributed by atoms with Crippen LogP contribution in [0, 0.1) is 0 Å². The van der Waals surface area contributed by atoms with E-state index in [0.29, 0.717) is 0 Å². The smallest absolute Gasteiger partial charge is 0.0686 e. The molecule has 2 aliphatic rings. The molecule has 0 saturated carbocycles. The fraction of sp³-hybridized carbons (Fsp3) is 0.0400. The zero-order chi connectivity index (χ0) is 34.4. The average Bonchev–Trinajstić information content (AvgIpc) is 3.64. The van der Waals surface area contributed by atoms with Gasteiger partial charge in [-0.1, -0.05) is 164 Å². The molecule has 51 heavy (non-hydrogen) atoms. The van der Waals surface area contributed by atoms with Gasteiger partial charge in [-0.3, -0.25) is 0 Å². The van der Waals surface area contributed by atoms with E-state index in [1.807, 2.05) is 6.08 Å². The molecule has 2 aliphatic carbocycles. The third-order valence-corrected chi connectivity index (χ3v) is 10.7. The number of anilines is 3. The maximum atomic E-state index is 4.00. The second-order valence-electron chi connectivity index (χ2n) is 13.4. The normalized spacial score (nSPS) is 13.7. The SMILES string of the molecule is C=C/C=C\C1=C(C)C2(c3cc(N(c4ccc(-c5ccccc5)cc4)c4ccc(-c5ccccc5)cc4)ccc31)c1ccccc1-c1ccccc12. The van der Waals surface area contributed by atoms with E-state index in [1.54, 1.807) is 0 Å². The summed E-state index contributed by atoms with van der Waals surface area (Å²) >= 11 is 0. The second kappa shape index (κ2) is 12.5. The van der Waals surface area contributed by atoms with E-state index in [9.17, 15) is 0 Å². The molecule has 0 heterocycles. The Morgan fingerprint density at radius 1 is 0.451 bits per heavy atom. The van der Waals surface area contributed by atoms with Crippen LogP contribution in [0.25, 0.3) is 39.0 Å². The zero-order valence-electron chi connectivity index (χ0n) is 28.6. The van der Waals surface area contributed by atoms with Crippen LogP contribution in [-0.4, -0.2) is 0 Å². The number of hydrogen-bond acceptors (Lipinski definition) is 1. The van der Waals surface area contributed by atoms with Crippen molar-refractivity contribution in [1.29, 1.82) is 0 Å². The summed E-state index contributed by atoms with van der Waals surface area (Å²) in [5, 5.41) is 0. The molecule has 242 valence electrons. The zero-order valence-corrected chi connectivity index (χ0v) is 28.6. The number of nitrogens with zero attached hydrogens (tertiary/aromatic N) is 1. The number of rotatable bonds is 7. The van der Waals surface area contributed by atoms with E-state index in [4.69, 9.17) is 0 Å². The first kappa shape index (κ1) is 30.6. The standard InChI is InChI=1S/C50H37N/c1-3-4-19-43-35(2)50(47-22-13-11-20-44(47)45-21-12-14-23-48(45)50)49-34-42(32-33-46(43)49)51(40-28-24-38(25-29-40)36-15-7-5-8-16-36)41-30-26-39(27-31-41)37-17-9-6-10-18-37/h3-34H,1H2,2H3/b19-4-. The van der Waals surface area contributed by atoms with Crippen molar-refractivity contribution >= 4 is 22.6 Å². The lowest BCUT2D eigenvalue weighted by molar-refractivity contribution is 0.766. The Bertz CT molecular complexity index is 2340. The van der Waals surface area contributed by atoms with Crippen molar-refractivity contribution in [2.45, 2.75) is 12.3 Å². The van der Waals surface area contributed by atoms with Gasteiger partial charge in [-0.25, -0.2) is 0 Å². The van der Waals surface area contributed by atoms with Crippen molar-refractivity contribution in [3.05, 3.63) is 229 Å². The summed E-state index contributed by atoms with van der Waals surface area (Å²) < 4.78 is 0. The first-order chi connectivity index (χ1) is 25.2. The minimum absolute atomic E-state index is 0.403. The first-order valence-electron chi connectivity index (χ1n) is 17.6. The summed E-state index contributed by atoms with van der Waals surface area (Å²) in [6.07, 6.45) is 6.18. The largest absolute Gasteiger partial charge is 0.310 e. The van der Waals surface area contributed by atoms with Crippen LogP contribution >= 0.6 is 0 Å². The molecule has 7 aromatic carbocycles. The maximum Gasteiger partial charge on any atom is 0.0686 e. The minimum atomic E-state index is -0.403. The topological polar surface area (TPSA) is 3.24 Å². The monoisotopic (exact) mass is 651 g/mol. The van der Waals surface area contributed by atoms with Crippen molar-refractivity contribution in [2.24, 2.45) is 0 Å². The van der Waals surface area contributed by atoms with Gasteiger partial charge in [0.25, 0.3) is 0 Å². The molecule has 9 rings (SSSR count). The summed E-state index contributed by atoms with van der Waals surface area (Å²) in [6.45, 7) is 6.33. The van der Waals surface area contributed by atoms with Gasteiger partial charge in [-0.2, -0.15) is 0 Å². The molecule has 0 atom stereocenters. The summed E-state index contributed by atoms with van der Waals surface area (Å²) in [7, 11) is 0. The highest BCUT2D eigenvalue weighted by Crippen LogP contribution is 2.62. The van der Waals surface area contributed by atoms with Crippen LogP contribution < -0.4 is 4.90 Å². The van der Waals surface area contributed by atoms with E-state index in [1.165, 1.54) is 66.8 Å². The van der Waals surface area contributed by atoms with Gasteiger partial charge in [-0.15, -0.1) is 0 Å². The third kappa shape index (κ3) is 4.85. The van der Waals surface area contributed by atoms with Gasteiger partial charge >= 0.3 is 0 Å². The van der Waals surface area contributed by atoms with Gasteiger partial charge in [-0.05, 0) is 110 Å². The molecule has 0 amide bonds. The molecule has 0 bridgehead atoms. The lowest BCUT2D eigenvalue weighted by Gasteiger charge is -2.33. The second-order valence-corrected chi connectivity index (χ2v) is 13.4. The van der Waals surface area contributed by atoms with E-state index in [0.717, 1.165) is 17.1 Å². The predicted molar refractivity (Wildman–Crippen MR) is 216 cm³/mol. The highest BCUT2D eigenvalue weighted by atomic mass is 15.1. The molecule has 7 aromatic rings. The summed E-state index contributed by atoms with van der Waals surface area (Å²) in [5.41, 5.74) is 18.2. The number of hydrogen-bond donors (Lipinski definition) is 0. The van der Waals surface area contributed by atoms with Gasteiger partial charge in [0.15, 0.2) is 0 Å². The Labute approximate surface area is 300 Å². The van der Waals surface area contributed by atoms with Gasteiger partial charge in [0.05, 0.1) is 5.41 Å². The van der Waals surface area contributed by atoms with Crippen molar-refractivity contribution in [3.63, 3.8) is 0 Å². The van der Waals surface area contributed by atoms with E-state index >= 15 is 0 Å². The molecule has 0 aliphatic heterocycles. The quantitative estimate of drug-likeness (QED) is 0.155. The van der Waals surface area contributed by atoms with E-state index in [2.05, 4.69) is 206 Å². The van der Waals surface area contributed by atoms with Crippen LogP contribution in [-0.2, 0) is 5.41 Å². The van der Waals surface area contributed by atoms with Crippen LogP contribution in [0.5, 0.6) is 0 Å². The van der Waals surface area contributed by atoms with E-state index < -0.39 is 5.41 Å². The Morgan fingerprint density at radius 3 is 1.41 bits per heavy atom. The van der Waals surface area contributed by atoms with Crippen LogP contribution in [0.2, 0.25) is 0 Å².